The molecule has 1 N–H and O–H groups in total. The van der Waals surface area contributed by atoms with E-state index in [2.05, 4.69) is 41.8 Å². The molecule has 0 radical (unpaired) electrons. The first-order valence-corrected chi connectivity index (χ1v) is 7.61. The molecule has 19 heavy (non-hydrogen) atoms. The van der Waals surface area contributed by atoms with E-state index in [1.165, 1.54) is 12.2 Å². The van der Waals surface area contributed by atoms with Crippen molar-refractivity contribution in [2.45, 2.75) is 58.7 Å². The molecule has 108 valence electrons. The van der Waals surface area contributed by atoms with Crippen LogP contribution in [0.4, 0.5) is 0 Å². The van der Waals surface area contributed by atoms with E-state index < -0.39 is 0 Å². The van der Waals surface area contributed by atoms with Gasteiger partial charge in [-0.05, 0) is 33.2 Å². The average molecular weight is 265 g/mol. The van der Waals surface area contributed by atoms with Crippen LogP contribution in [0, 0.1) is 5.92 Å². The third-order valence-electron chi connectivity index (χ3n) is 4.15. The third kappa shape index (κ3) is 3.57. The van der Waals surface area contributed by atoms with Gasteiger partial charge in [0, 0.05) is 43.9 Å². The lowest BCUT2D eigenvalue weighted by Crippen LogP contribution is -2.41. The second-order valence-electron chi connectivity index (χ2n) is 5.42. The number of nitrogens with zero attached hydrogens (tertiary/aromatic N) is 2. The van der Waals surface area contributed by atoms with Gasteiger partial charge in [-0.15, -0.1) is 0 Å². The van der Waals surface area contributed by atoms with Crippen molar-refractivity contribution in [3.63, 3.8) is 0 Å². The largest absolute Gasteiger partial charge is 0.378 e. The third-order valence-corrected chi connectivity index (χ3v) is 4.15. The minimum absolute atomic E-state index is 0.361. The van der Waals surface area contributed by atoms with E-state index in [1.54, 1.807) is 0 Å². The molecule has 0 aliphatic carbocycles. The van der Waals surface area contributed by atoms with Gasteiger partial charge in [-0.3, -0.25) is 0 Å². The molecule has 3 atom stereocenters. The minimum Gasteiger partial charge on any atom is -0.378 e. The second kappa shape index (κ2) is 7.06. The Kier molecular flexibility index (Phi) is 5.40. The molecular weight excluding hydrogens is 238 g/mol. The summed E-state index contributed by atoms with van der Waals surface area (Å²) in [7, 11) is 0. The molecule has 3 unspecified atom stereocenters. The van der Waals surface area contributed by atoms with E-state index in [9.17, 15) is 0 Å². The fourth-order valence-corrected chi connectivity index (χ4v) is 3.00. The summed E-state index contributed by atoms with van der Waals surface area (Å²) in [5.41, 5.74) is 0. The number of imidazole rings is 1. The first-order chi connectivity index (χ1) is 9.26. The molecule has 0 spiro atoms. The predicted molar refractivity (Wildman–Crippen MR) is 77.2 cm³/mol. The lowest BCUT2D eigenvalue weighted by atomic mass is 9.91. The van der Waals surface area contributed by atoms with Crippen LogP contribution >= 0.6 is 0 Å². The van der Waals surface area contributed by atoms with Crippen LogP contribution in [0.25, 0.3) is 0 Å². The summed E-state index contributed by atoms with van der Waals surface area (Å²) in [5, 5.41) is 3.70. The number of hydrogen-bond donors (Lipinski definition) is 1. The van der Waals surface area contributed by atoms with Gasteiger partial charge >= 0.3 is 0 Å². The summed E-state index contributed by atoms with van der Waals surface area (Å²) in [6, 6.07) is 0.477. The number of hydrogen-bond acceptors (Lipinski definition) is 3. The van der Waals surface area contributed by atoms with Crippen LogP contribution in [-0.2, 0) is 17.7 Å². The first-order valence-electron chi connectivity index (χ1n) is 7.61. The highest BCUT2D eigenvalue weighted by Gasteiger charge is 2.32. The molecule has 1 aromatic rings. The molecule has 1 aromatic heterocycles. The highest BCUT2D eigenvalue weighted by atomic mass is 16.5. The molecule has 0 saturated carbocycles. The first kappa shape index (κ1) is 14.5. The van der Waals surface area contributed by atoms with E-state index >= 15 is 0 Å². The van der Waals surface area contributed by atoms with Gasteiger partial charge < -0.3 is 14.6 Å². The molecule has 4 heteroatoms. The Bertz CT molecular complexity index is 377. The Morgan fingerprint density at radius 1 is 1.53 bits per heavy atom. The summed E-state index contributed by atoms with van der Waals surface area (Å²) in [6.45, 7) is 9.54. The molecule has 4 nitrogen and oxygen atoms in total. The quantitative estimate of drug-likeness (QED) is 0.822. The van der Waals surface area contributed by atoms with Gasteiger partial charge in [0.05, 0.1) is 6.10 Å². The highest BCUT2D eigenvalue weighted by Crippen LogP contribution is 2.25. The van der Waals surface area contributed by atoms with E-state index in [-0.39, 0.29) is 0 Å². The van der Waals surface area contributed by atoms with E-state index in [0.29, 0.717) is 18.1 Å². The van der Waals surface area contributed by atoms with Crippen molar-refractivity contribution in [2.24, 2.45) is 5.92 Å². The highest BCUT2D eigenvalue weighted by molar-refractivity contribution is 4.98. The molecular formula is C15H27N3O. The van der Waals surface area contributed by atoms with Crippen molar-refractivity contribution in [3.8, 4) is 0 Å². The number of nitrogens with one attached hydrogen (secondary N) is 1. The fourth-order valence-electron chi connectivity index (χ4n) is 3.00. The molecule has 2 rings (SSSR count). The standard InChI is InChI=1S/C15H27N3O/c1-4-7-16-14(13-6-10-19-12(13)3)11-15-17-8-9-18(15)5-2/h8-9,12-14,16H,4-7,10-11H2,1-3H3. The van der Waals surface area contributed by atoms with Crippen molar-refractivity contribution in [2.75, 3.05) is 13.2 Å². The maximum atomic E-state index is 5.73. The molecule has 0 aromatic carbocycles. The molecule has 0 bridgehead atoms. The maximum absolute atomic E-state index is 5.73. The Labute approximate surface area is 116 Å². The zero-order chi connectivity index (χ0) is 13.7. The number of rotatable bonds is 7. The van der Waals surface area contributed by atoms with Crippen molar-refractivity contribution >= 4 is 0 Å². The van der Waals surface area contributed by atoms with Crippen molar-refractivity contribution < 1.29 is 4.74 Å². The summed E-state index contributed by atoms with van der Waals surface area (Å²) in [6.07, 6.45) is 7.67. The van der Waals surface area contributed by atoms with Crippen LogP contribution in [0.2, 0.25) is 0 Å². The summed E-state index contributed by atoms with van der Waals surface area (Å²) in [4.78, 5) is 4.51. The SMILES string of the molecule is CCCNC(Cc1nccn1CC)C1CCOC1C. The van der Waals surface area contributed by atoms with Gasteiger partial charge in [0.1, 0.15) is 5.82 Å². The summed E-state index contributed by atoms with van der Waals surface area (Å²) in [5.74, 6) is 1.80. The molecule has 0 amide bonds. The van der Waals surface area contributed by atoms with Crippen LogP contribution in [0.1, 0.15) is 39.4 Å². The summed E-state index contributed by atoms with van der Waals surface area (Å²) < 4.78 is 7.97. The topological polar surface area (TPSA) is 39.1 Å². The fraction of sp³-hybridized carbons (Fsp3) is 0.800. The van der Waals surface area contributed by atoms with Gasteiger partial charge in [-0.2, -0.15) is 0 Å². The normalized spacial score (nSPS) is 24.8. The van der Waals surface area contributed by atoms with Crippen molar-refractivity contribution in [1.29, 1.82) is 0 Å². The van der Waals surface area contributed by atoms with Crippen LogP contribution in [-0.4, -0.2) is 34.8 Å². The molecule has 1 fully saturated rings. The molecule has 1 aliphatic heterocycles. The lowest BCUT2D eigenvalue weighted by molar-refractivity contribution is 0.0950. The van der Waals surface area contributed by atoms with Gasteiger partial charge in [0.15, 0.2) is 0 Å². The van der Waals surface area contributed by atoms with Gasteiger partial charge in [-0.25, -0.2) is 4.98 Å². The lowest BCUT2D eigenvalue weighted by Gasteiger charge is -2.27. The number of aryl methyl sites for hydroxylation is 1. The monoisotopic (exact) mass is 265 g/mol. The van der Waals surface area contributed by atoms with E-state index in [1.807, 2.05) is 6.20 Å². The Morgan fingerprint density at radius 2 is 2.37 bits per heavy atom. The van der Waals surface area contributed by atoms with Gasteiger partial charge in [-0.1, -0.05) is 6.92 Å². The zero-order valence-corrected chi connectivity index (χ0v) is 12.4. The summed E-state index contributed by atoms with van der Waals surface area (Å²) >= 11 is 0. The zero-order valence-electron chi connectivity index (χ0n) is 12.4. The smallest absolute Gasteiger partial charge is 0.110 e. The molecule has 1 saturated heterocycles. The van der Waals surface area contributed by atoms with Crippen LogP contribution in [0.5, 0.6) is 0 Å². The Morgan fingerprint density at radius 3 is 3.00 bits per heavy atom. The van der Waals surface area contributed by atoms with E-state index in [4.69, 9.17) is 4.74 Å². The van der Waals surface area contributed by atoms with Crippen molar-refractivity contribution in [1.82, 2.24) is 14.9 Å². The van der Waals surface area contributed by atoms with Crippen LogP contribution in [0.3, 0.4) is 0 Å². The van der Waals surface area contributed by atoms with Gasteiger partial charge in [0.25, 0.3) is 0 Å². The van der Waals surface area contributed by atoms with Crippen LogP contribution < -0.4 is 5.32 Å². The van der Waals surface area contributed by atoms with E-state index in [0.717, 1.165) is 32.5 Å². The minimum atomic E-state index is 0.361. The molecule has 2 heterocycles. The van der Waals surface area contributed by atoms with Crippen molar-refractivity contribution in [3.05, 3.63) is 18.2 Å². The average Bonchev–Trinajstić information content (AvgIpc) is 3.03. The Balaban J connectivity index is 2.04. The second-order valence-corrected chi connectivity index (χ2v) is 5.42. The number of aromatic nitrogens is 2. The predicted octanol–water partition coefficient (Wildman–Crippen LogP) is 2.24. The Hall–Kier alpha value is -0.870. The van der Waals surface area contributed by atoms with Crippen LogP contribution in [0.15, 0.2) is 12.4 Å². The molecule has 1 aliphatic rings. The van der Waals surface area contributed by atoms with Gasteiger partial charge in [0.2, 0.25) is 0 Å². The number of ether oxygens (including phenoxy) is 1. The maximum Gasteiger partial charge on any atom is 0.110 e.